The van der Waals surface area contributed by atoms with Crippen molar-refractivity contribution in [3.8, 4) is 6.07 Å². The zero-order valence-electron chi connectivity index (χ0n) is 6.53. The molecule has 0 atom stereocenters. The summed E-state index contributed by atoms with van der Waals surface area (Å²) in [5.41, 5.74) is 0.366. The maximum atomic E-state index is 11.2. The molecule has 0 aliphatic heterocycles. The molecule has 0 aliphatic rings. The van der Waals surface area contributed by atoms with E-state index in [9.17, 15) is 4.79 Å². The van der Waals surface area contributed by atoms with E-state index in [0.717, 1.165) is 0 Å². The molecule has 0 radical (unpaired) electrons. The predicted molar refractivity (Wildman–Crippen MR) is 47.8 cm³/mol. The third kappa shape index (κ3) is 2.53. The minimum Gasteiger partial charge on any atom is -0.447 e. The van der Waals surface area contributed by atoms with Gasteiger partial charge in [0.1, 0.15) is 6.07 Å². The van der Waals surface area contributed by atoms with E-state index in [2.05, 4.69) is 25.7 Å². The molecular weight excluding hydrogens is 236 g/mol. The highest BCUT2D eigenvalue weighted by Crippen LogP contribution is 2.14. The Kier molecular flexibility index (Phi) is 3.41. The van der Waals surface area contributed by atoms with Crippen LogP contribution in [-0.2, 0) is 4.74 Å². The van der Waals surface area contributed by atoms with Crippen LogP contribution in [0.3, 0.4) is 0 Å². The molecule has 4 nitrogen and oxygen atoms in total. The van der Waals surface area contributed by atoms with Crippen LogP contribution in [0.5, 0.6) is 0 Å². The number of rotatable bonds is 2. The highest BCUT2D eigenvalue weighted by molar-refractivity contribution is 9.10. The normalized spacial score (nSPS) is 8.92. The van der Waals surface area contributed by atoms with Crippen LogP contribution in [0, 0.1) is 11.3 Å². The van der Waals surface area contributed by atoms with Gasteiger partial charge in [0.2, 0.25) is 0 Å². The van der Waals surface area contributed by atoms with E-state index in [1.807, 2.05) is 0 Å². The largest absolute Gasteiger partial charge is 0.447 e. The number of nitrogens with zero attached hydrogens (tertiary/aromatic N) is 2. The van der Waals surface area contributed by atoms with E-state index in [1.165, 1.54) is 18.5 Å². The first-order valence-electron chi connectivity index (χ1n) is 3.39. The molecule has 1 heterocycles. The molecule has 0 saturated heterocycles. The predicted octanol–water partition coefficient (Wildman–Crippen LogP) is 1.52. The topological polar surface area (TPSA) is 63.0 Å². The highest BCUT2D eigenvalue weighted by atomic mass is 79.9. The van der Waals surface area contributed by atoms with E-state index in [0.29, 0.717) is 10.0 Å². The maximum absolute atomic E-state index is 11.2. The number of carbonyl (C=O) groups excluding carboxylic acids is 1. The van der Waals surface area contributed by atoms with Gasteiger partial charge in [-0.3, -0.25) is 4.98 Å². The molecule has 0 aliphatic carbocycles. The second-order valence-corrected chi connectivity index (χ2v) is 2.94. The molecule has 0 bridgehead atoms. The molecule has 5 heteroatoms. The lowest BCUT2D eigenvalue weighted by molar-refractivity contribution is 0.0554. The fraction of sp³-hybridized carbons (Fsp3) is 0.125. The number of hydrogen-bond acceptors (Lipinski definition) is 4. The van der Waals surface area contributed by atoms with Gasteiger partial charge in [0.15, 0.2) is 6.61 Å². The molecule has 1 aromatic heterocycles. The monoisotopic (exact) mass is 240 g/mol. The molecule has 0 spiro atoms. The lowest BCUT2D eigenvalue weighted by Gasteiger charge is -2.01. The molecule has 0 fully saturated rings. The summed E-state index contributed by atoms with van der Waals surface area (Å²) in [5.74, 6) is -0.532. The van der Waals surface area contributed by atoms with Crippen molar-refractivity contribution >= 4 is 21.9 Å². The van der Waals surface area contributed by atoms with Crippen LogP contribution in [0.25, 0.3) is 0 Å². The second-order valence-electron chi connectivity index (χ2n) is 2.09. The maximum Gasteiger partial charge on any atom is 0.340 e. The summed E-state index contributed by atoms with van der Waals surface area (Å²) in [4.78, 5) is 15.0. The Morgan fingerprint density at radius 2 is 2.54 bits per heavy atom. The van der Waals surface area contributed by atoms with Crippen LogP contribution in [0.15, 0.2) is 22.9 Å². The van der Waals surface area contributed by atoms with Crippen molar-refractivity contribution in [1.82, 2.24) is 4.98 Å². The Morgan fingerprint density at radius 1 is 1.77 bits per heavy atom. The highest BCUT2D eigenvalue weighted by Gasteiger charge is 2.09. The van der Waals surface area contributed by atoms with Crippen molar-refractivity contribution < 1.29 is 9.53 Å². The van der Waals surface area contributed by atoms with Gasteiger partial charge in [-0.25, -0.2) is 4.79 Å². The standard InChI is InChI=1S/C8H5BrN2O2/c9-7-5-11-3-1-6(7)8(12)13-4-2-10/h1,3,5H,4H2. The van der Waals surface area contributed by atoms with Gasteiger partial charge in [-0.15, -0.1) is 0 Å². The van der Waals surface area contributed by atoms with Crippen LogP contribution < -0.4 is 0 Å². The van der Waals surface area contributed by atoms with Gasteiger partial charge in [-0.1, -0.05) is 0 Å². The lowest BCUT2D eigenvalue weighted by atomic mass is 10.3. The van der Waals surface area contributed by atoms with Crippen LogP contribution in [0.2, 0.25) is 0 Å². The molecule has 1 rings (SSSR count). The average Bonchev–Trinajstić information content (AvgIpc) is 2.15. The van der Waals surface area contributed by atoms with Crippen LogP contribution >= 0.6 is 15.9 Å². The van der Waals surface area contributed by atoms with Gasteiger partial charge < -0.3 is 4.74 Å². The van der Waals surface area contributed by atoms with E-state index in [4.69, 9.17) is 5.26 Å². The summed E-state index contributed by atoms with van der Waals surface area (Å²) in [6, 6.07) is 3.23. The Morgan fingerprint density at radius 3 is 3.15 bits per heavy atom. The lowest BCUT2D eigenvalue weighted by Crippen LogP contribution is -2.06. The van der Waals surface area contributed by atoms with Crippen LogP contribution in [-0.4, -0.2) is 17.6 Å². The first-order valence-corrected chi connectivity index (χ1v) is 4.18. The van der Waals surface area contributed by atoms with Gasteiger partial charge in [-0.2, -0.15) is 5.26 Å². The van der Waals surface area contributed by atoms with Crippen LogP contribution in [0.1, 0.15) is 10.4 Å². The summed E-state index contributed by atoms with van der Waals surface area (Å²) in [5, 5.41) is 8.18. The van der Waals surface area contributed by atoms with Gasteiger partial charge in [0.25, 0.3) is 0 Å². The minimum absolute atomic E-state index is 0.242. The zero-order valence-corrected chi connectivity index (χ0v) is 8.11. The third-order valence-corrected chi connectivity index (χ3v) is 1.89. The molecule has 1 aromatic rings. The quantitative estimate of drug-likeness (QED) is 0.736. The van der Waals surface area contributed by atoms with E-state index >= 15 is 0 Å². The molecule has 66 valence electrons. The van der Waals surface area contributed by atoms with Gasteiger partial charge in [-0.05, 0) is 22.0 Å². The number of pyridine rings is 1. The first kappa shape index (κ1) is 9.68. The molecule has 0 aromatic carbocycles. The molecule has 0 N–H and O–H groups in total. The molecule has 13 heavy (non-hydrogen) atoms. The average molecular weight is 241 g/mol. The van der Waals surface area contributed by atoms with Gasteiger partial charge >= 0.3 is 5.97 Å². The SMILES string of the molecule is N#CCOC(=O)c1ccncc1Br. The van der Waals surface area contributed by atoms with E-state index in [-0.39, 0.29) is 6.61 Å². The Hall–Kier alpha value is -1.41. The Bertz CT molecular complexity index is 359. The fourth-order valence-electron chi connectivity index (χ4n) is 0.716. The summed E-state index contributed by atoms with van der Waals surface area (Å²) in [6.07, 6.45) is 2.97. The van der Waals surface area contributed by atoms with Crippen LogP contribution in [0.4, 0.5) is 0 Å². The first-order chi connectivity index (χ1) is 6.25. The summed E-state index contributed by atoms with van der Waals surface area (Å²) >= 11 is 3.14. The number of ether oxygens (including phenoxy) is 1. The van der Waals surface area contributed by atoms with E-state index in [1.54, 1.807) is 6.07 Å². The fourth-order valence-corrected chi connectivity index (χ4v) is 1.13. The Balaban J connectivity index is 2.78. The van der Waals surface area contributed by atoms with Crippen molar-refractivity contribution in [2.24, 2.45) is 0 Å². The van der Waals surface area contributed by atoms with Crippen molar-refractivity contribution in [2.75, 3.05) is 6.61 Å². The zero-order chi connectivity index (χ0) is 9.68. The molecule has 0 saturated carbocycles. The second kappa shape index (κ2) is 4.58. The smallest absolute Gasteiger partial charge is 0.340 e. The number of nitriles is 1. The van der Waals surface area contributed by atoms with Crippen molar-refractivity contribution in [2.45, 2.75) is 0 Å². The molecule has 0 unspecified atom stereocenters. The van der Waals surface area contributed by atoms with Gasteiger partial charge in [0, 0.05) is 12.4 Å². The van der Waals surface area contributed by atoms with Crippen molar-refractivity contribution in [1.29, 1.82) is 5.26 Å². The number of halogens is 1. The molecular formula is C8H5BrN2O2. The van der Waals surface area contributed by atoms with Gasteiger partial charge in [0.05, 0.1) is 10.0 Å². The minimum atomic E-state index is -0.532. The number of carbonyl (C=O) groups is 1. The third-order valence-electron chi connectivity index (χ3n) is 1.26. The summed E-state index contributed by atoms with van der Waals surface area (Å²) in [6.45, 7) is -0.242. The number of esters is 1. The number of aromatic nitrogens is 1. The molecule has 0 amide bonds. The van der Waals surface area contributed by atoms with E-state index < -0.39 is 5.97 Å². The van der Waals surface area contributed by atoms with Crippen molar-refractivity contribution in [3.05, 3.63) is 28.5 Å². The summed E-state index contributed by atoms with van der Waals surface area (Å²) in [7, 11) is 0. The Labute approximate surface area is 83.3 Å². The number of hydrogen-bond donors (Lipinski definition) is 0. The van der Waals surface area contributed by atoms with Crippen molar-refractivity contribution in [3.63, 3.8) is 0 Å². The summed E-state index contributed by atoms with van der Waals surface area (Å²) < 4.78 is 5.15.